The van der Waals surface area contributed by atoms with Gasteiger partial charge < -0.3 is 9.52 Å². The number of carboxylic acid groups (broad SMARTS) is 1. The summed E-state index contributed by atoms with van der Waals surface area (Å²) >= 11 is 0. The van der Waals surface area contributed by atoms with Crippen LogP contribution in [-0.4, -0.2) is 22.9 Å². The first-order valence-corrected chi connectivity index (χ1v) is 6.52. The summed E-state index contributed by atoms with van der Waals surface area (Å²) in [6, 6.07) is 1.49. The number of carbonyl (C=O) groups excluding carboxylic acids is 2. The monoisotopic (exact) mass is 292 g/mol. The molecule has 0 unspecified atom stereocenters. The molecule has 0 aromatic carbocycles. The zero-order valence-electron chi connectivity index (χ0n) is 11.5. The summed E-state index contributed by atoms with van der Waals surface area (Å²) in [6.07, 6.45) is 5.53. The first-order valence-electron chi connectivity index (χ1n) is 6.52. The molecule has 2 atom stereocenters. The Morgan fingerprint density at radius 2 is 1.86 bits per heavy atom. The molecule has 0 saturated carbocycles. The predicted molar refractivity (Wildman–Crippen MR) is 72.0 cm³/mol. The maximum absolute atomic E-state index is 12.0. The summed E-state index contributed by atoms with van der Waals surface area (Å²) in [5.74, 6) is -3.07. The van der Waals surface area contributed by atoms with Crippen LogP contribution >= 0.6 is 0 Å². The van der Waals surface area contributed by atoms with E-state index in [9.17, 15) is 14.4 Å². The Morgan fingerprint density at radius 3 is 2.43 bits per heavy atom. The van der Waals surface area contributed by atoms with Crippen LogP contribution in [0.5, 0.6) is 0 Å². The number of carbonyl (C=O) groups is 3. The first-order chi connectivity index (χ1) is 10.0. The van der Waals surface area contributed by atoms with Crippen molar-refractivity contribution in [3.63, 3.8) is 0 Å². The first kappa shape index (κ1) is 14.8. The average molecular weight is 292 g/mol. The molecular formula is C14H16N2O5. The number of nitrogens with one attached hydrogen (secondary N) is 2. The Labute approximate surface area is 121 Å². The zero-order valence-corrected chi connectivity index (χ0v) is 11.5. The van der Waals surface area contributed by atoms with Crippen LogP contribution in [0.2, 0.25) is 0 Å². The van der Waals surface area contributed by atoms with Crippen LogP contribution < -0.4 is 10.9 Å². The third kappa shape index (κ3) is 3.31. The molecule has 7 nitrogen and oxygen atoms in total. The van der Waals surface area contributed by atoms with Crippen LogP contribution in [-0.2, 0) is 9.59 Å². The minimum Gasteiger partial charge on any atom is -0.481 e. The van der Waals surface area contributed by atoms with Crippen LogP contribution in [0.15, 0.2) is 28.9 Å². The second-order valence-electron chi connectivity index (χ2n) is 4.83. The van der Waals surface area contributed by atoms with Crippen molar-refractivity contribution >= 4 is 17.8 Å². The summed E-state index contributed by atoms with van der Waals surface area (Å²) in [4.78, 5) is 35.0. The molecule has 21 heavy (non-hydrogen) atoms. The molecule has 3 N–H and O–H groups in total. The number of aliphatic carboxylic acids is 1. The fraction of sp³-hybridized carbons (Fsp3) is 0.357. The van der Waals surface area contributed by atoms with Crippen LogP contribution in [0.25, 0.3) is 0 Å². The maximum Gasteiger partial charge on any atom is 0.307 e. The normalized spacial score (nSPS) is 20.8. The second kappa shape index (κ2) is 6.25. The van der Waals surface area contributed by atoms with E-state index in [0.29, 0.717) is 24.2 Å². The Morgan fingerprint density at radius 1 is 1.19 bits per heavy atom. The highest BCUT2D eigenvalue weighted by atomic mass is 16.4. The Bertz CT molecular complexity index is 590. The van der Waals surface area contributed by atoms with Gasteiger partial charge in [0.05, 0.1) is 23.7 Å². The van der Waals surface area contributed by atoms with E-state index in [-0.39, 0.29) is 0 Å². The van der Waals surface area contributed by atoms with Crippen LogP contribution in [0.3, 0.4) is 0 Å². The minimum atomic E-state index is -1.02. The summed E-state index contributed by atoms with van der Waals surface area (Å²) in [7, 11) is 0. The number of hydrogen-bond acceptors (Lipinski definition) is 4. The van der Waals surface area contributed by atoms with E-state index in [1.165, 1.54) is 12.3 Å². The summed E-state index contributed by atoms with van der Waals surface area (Å²) in [5, 5.41) is 9.11. The molecule has 0 fully saturated rings. The quantitative estimate of drug-likeness (QED) is 0.569. The second-order valence-corrected chi connectivity index (χ2v) is 4.83. The van der Waals surface area contributed by atoms with E-state index in [0.717, 1.165) is 0 Å². The van der Waals surface area contributed by atoms with Crippen LogP contribution in [0, 0.1) is 18.8 Å². The van der Waals surface area contributed by atoms with Crippen molar-refractivity contribution < 1.29 is 23.9 Å². The fourth-order valence-corrected chi connectivity index (χ4v) is 2.28. The summed E-state index contributed by atoms with van der Waals surface area (Å²) in [6.45, 7) is 1.63. The van der Waals surface area contributed by atoms with Crippen LogP contribution in [0.1, 0.15) is 29.0 Å². The van der Waals surface area contributed by atoms with Crippen molar-refractivity contribution in [2.75, 3.05) is 0 Å². The molecule has 1 heterocycles. The van der Waals surface area contributed by atoms with Gasteiger partial charge in [0.25, 0.3) is 5.91 Å². The van der Waals surface area contributed by atoms with E-state index < -0.39 is 29.6 Å². The van der Waals surface area contributed by atoms with Gasteiger partial charge in [-0.3, -0.25) is 25.2 Å². The van der Waals surface area contributed by atoms with Crippen molar-refractivity contribution in [3.05, 3.63) is 35.8 Å². The molecule has 2 rings (SSSR count). The molecule has 1 aromatic heterocycles. The van der Waals surface area contributed by atoms with Crippen molar-refractivity contribution in [1.29, 1.82) is 0 Å². The maximum atomic E-state index is 12.0. The van der Waals surface area contributed by atoms with E-state index >= 15 is 0 Å². The lowest BCUT2D eigenvalue weighted by molar-refractivity contribution is -0.147. The third-order valence-corrected chi connectivity index (χ3v) is 3.49. The number of amides is 2. The number of carboxylic acids is 1. The molecule has 0 bridgehead atoms. The largest absolute Gasteiger partial charge is 0.481 e. The molecule has 0 radical (unpaired) electrons. The molecule has 2 amide bonds. The van der Waals surface area contributed by atoms with Crippen LogP contribution in [0.4, 0.5) is 0 Å². The van der Waals surface area contributed by atoms with E-state index in [2.05, 4.69) is 10.9 Å². The Hall–Kier alpha value is -2.57. The molecule has 0 aliphatic heterocycles. The average Bonchev–Trinajstić information content (AvgIpc) is 2.90. The van der Waals surface area contributed by atoms with Gasteiger partial charge in [-0.15, -0.1) is 0 Å². The lowest BCUT2D eigenvalue weighted by atomic mass is 9.82. The van der Waals surface area contributed by atoms with E-state index in [1.807, 2.05) is 0 Å². The van der Waals surface area contributed by atoms with E-state index in [1.54, 1.807) is 19.1 Å². The highest BCUT2D eigenvalue weighted by Gasteiger charge is 2.34. The topological polar surface area (TPSA) is 109 Å². The Balaban J connectivity index is 1.95. The minimum absolute atomic E-state index is 0.308. The van der Waals surface area contributed by atoms with Crippen molar-refractivity contribution in [3.8, 4) is 0 Å². The van der Waals surface area contributed by atoms with Gasteiger partial charge in [-0.05, 0) is 25.8 Å². The fourth-order valence-electron chi connectivity index (χ4n) is 2.28. The summed E-state index contributed by atoms with van der Waals surface area (Å²) in [5.41, 5.74) is 4.86. The van der Waals surface area contributed by atoms with Gasteiger partial charge in [-0.25, -0.2) is 0 Å². The van der Waals surface area contributed by atoms with Crippen molar-refractivity contribution in [2.45, 2.75) is 19.8 Å². The van der Waals surface area contributed by atoms with Gasteiger partial charge in [-0.1, -0.05) is 12.2 Å². The molecule has 1 aliphatic rings. The molecule has 0 spiro atoms. The molecular weight excluding hydrogens is 276 g/mol. The lowest BCUT2D eigenvalue weighted by Gasteiger charge is -2.24. The number of furan rings is 1. The van der Waals surface area contributed by atoms with Gasteiger partial charge in [0, 0.05) is 0 Å². The van der Waals surface area contributed by atoms with Crippen molar-refractivity contribution in [2.24, 2.45) is 11.8 Å². The van der Waals surface area contributed by atoms with Gasteiger partial charge in [0.2, 0.25) is 5.91 Å². The zero-order chi connectivity index (χ0) is 15.4. The number of allylic oxidation sites excluding steroid dienone is 2. The van der Waals surface area contributed by atoms with Gasteiger partial charge in [0.1, 0.15) is 5.76 Å². The lowest BCUT2D eigenvalue weighted by Crippen LogP contribution is -2.47. The molecule has 1 aromatic rings. The number of aryl methyl sites for hydroxylation is 1. The van der Waals surface area contributed by atoms with Gasteiger partial charge in [0.15, 0.2) is 0 Å². The molecule has 1 aliphatic carbocycles. The smallest absolute Gasteiger partial charge is 0.307 e. The predicted octanol–water partition coefficient (Wildman–Crippen LogP) is 1.02. The SMILES string of the molecule is Cc1occc1C(=O)NNC(=O)[C@@H]1CC=CC[C@@H]1C(=O)O. The number of rotatable bonds is 3. The highest BCUT2D eigenvalue weighted by molar-refractivity contribution is 5.96. The molecule has 112 valence electrons. The van der Waals surface area contributed by atoms with Gasteiger partial charge >= 0.3 is 5.97 Å². The standard InChI is InChI=1S/C14H16N2O5/c1-8-9(6-7-21-8)12(17)15-16-13(18)10-4-2-3-5-11(10)14(19)20/h2-3,6-7,10-11H,4-5H2,1H3,(H,15,17)(H,16,18)(H,19,20)/t10-,11+/m1/s1. The number of hydrogen-bond donors (Lipinski definition) is 3. The molecule has 0 saturated heterocycles. The van der Waals surface area contributed by atoms with Crippen molar-refractivity contribution in [1.82, 2.24) is 10.9 Å². The van der Waals surface area contributed by atoms with E-state index in [4.69, 9.17) is 9.52 Å². The highest BCUT2D eigenvalue weighted by Crippen LogP contribution is 2.25. The van der Waals surface area contributed by atoms with Gasteiger partial charge in [-0.2, -0.15) is 0 Å². The summed E-state index contributed by atoms with van der Waals surface area (Å²) < 4.78 is 5.00. The Kier molecular flexibility index (Phi) is 4.42. The molecule has 7 heteroatoms. The third-order valence-electron chi connectivity index (χ3n) is 3.49. The number of hydrazine groups is 1.